The largest absolute Gasteiger partial charge is 0.394 e. The van der Waals surface area contributed by atoms with Crippen molar-refractivity contribution in [2.45, 2.75) is 251 Å². The molecule has 0 aromatic carbocycles. The molecule has 7 aliphatic heterocycles. The molecule has 7 saturated heterocycles. The van der Waals surface area contributed by atoms with Crippen molar-refractivity contribution < 1.29 is 138 Å². The highest BCUT2D eigenvalue weighted by Crippen LogP contribution is 2.70. The molecule has 0 aromatic rings. The minimum Gasteiger partial charge on any atom is -0.394 e. The van der Waals surface area contributed by atoms with Crippen LogP contribution in [0.15, 0.2) is 0 Å². The third-order valence-corrected chi connectivity index (χ3v) is 22.0. The molecule has 4 aliphatic carbocycles. The molecule has 15 N–H and O–H groups in total. The molecule has 11 rings (SSSR count). The second-order valence-electron chi connectivity index (χ2n) is 26.6. The van der Waals surface area contributed by atoms with E-state index in [1.165, 1.54) is 0 Å². The Labute approximate surface area is 485 Å². The highest BCUT2D eigenvalue weighted by molar-refractivity contribution is 5.87. The van der Waals surface area contributed by atoms with Crippen LogP contribution in [-0.4, -0.2) is 287 Å². The monoisotopic (exact) mass is 1210 g/mol. The summed E-state index contributed by atoms with van der Waals surface area (Å²) in [5, 5.41) is 163. The molecular formula is C56H90O28. The number of ketones is 1. The Bertz CT molecular complexity index is 2230. The van der Waals surface area contributed by atoms with Gasteiger partial charge in [0.2, 0.25) is 0 Å². The Hall–Kier alpha value is -1.41. The first kappa shape index (κ1) is 64.1. The van der Waals surface area contributed by atoms with E-state index in [4.69, 9.17) is 56.8 Å². The van der Waals surface area contributed by atoms with Crippen molar-refractivity contribution in [2.75, 3.05) is 39.6 Å². The lowest BCUT2D eigenvalue weighted by Gasteiger charge is -2.60. The van der Waals surface area contributed by atoms with Crippen LogP contribution in [0.2, 0.25) is 0 Å². The molecule has 4 unspecified atom stereocenters. The Morgan fingerprint density at radius 2 is 1.07 bits per heavy atom. The maximum atomic E-state index is 14.8. The Morgan fingerprint density at radius 1 is 0.512 bits per heavy atom. The number of Topliss-reactive ketones (excluding diaryl/α,β-unsaturated/α-hetero) is 1. The summed E-state index contributed by atoms with van der Waals surface area (Å²) >= 11 is 0. The zero-order chi connectivity index (χ0) is 60.2. The fourth-order valence-corrected chi connectivity index (χ4v) is 17.0. The van der Waals surface area contributed by atoms with Gasteiger partial charge in [-0.1, -0.05) is 27.7 Å². The third kappa shape index (κ3) is 11.0. The number of hydrogen-bond acceptors (Lipinski definition) is 28. The van der Waals surface area contributed by atoms with Crippen LogP contribution in [0.1, 0.15) is 85.5 Å². The predicted octanol–water partition coefficient (Wildman–Crippen LogP) is -5.27. The van der Waals surface area contributed by atoms with Crippen molar-refractivity contribution in [1.82, 2.24) is 0 Å². The predicted molar refractivity (Wildman–Crippen MR) is 275 cm³/mol. The second kappa shape index (κ2) is 25.0. The Morgan fingerprint density at radius 3 is 1.69 bits per heavy atom. The molecule has 36 atom stereocenters. The first-order valence-electron chi connectivity index (χ1n) is 30.2. The molecule has 28 nitrogen and oxygen atoms in total. The summed E-state index contributed by atoms with van der Waals surface area (Å²) in [6.07, 6.45) is -37.8. The van der Waals surface area contributed by atoms with Crippen LogP contribution in [-0.2, 0) is 61.6 Å². The molecule has 28 heteroatoms. The topological polar surface area (TPSA) is 431 Å². The van der Waals surface area contributed by atoms with Gasteiger partial charge in [-0.3, -0.25) is 4.79 Å². The van der Waals surface area contributed by atoms with E-state index in [1.807, 2.05) is 0 Å². The lowest BCUT2D eigenvalue weighted by atomic mass is 9.44. The fourth-order valence-electron chi connectivity index (χ4n) is 17.0. The number of fused-ring (bicyclic) bond motifs is 7. The number of rotatable bonds is 14. The van der Waals surface area contributed by atoms with E-state index in [2.05, 4.69) is 27.7 Å². The van der Waals surface area contributed by atoms with Crippen LogP contribution in [0.25, 0.3) is 0 Å². The van der Waals surface area contributed by atoms with E-state index in [0.717, 1.165) is 38.5 Å². The summed E-state index contributed by atoms with van der Waals surface area (Å²) in [6, 6.07) is 0. The number of ether oxygens (including phenoxy) is 12. The number of carbonyl (C=O) groups is 1. The molecule has 7 heterocycles. The van der Waals surface area contributed by atoms with E-state index in [9.17, 15) is 81.4 Å². The number of aliphatic hydroxyl groups is 15. The van der Waals surface area contributed by atoms with Crippen LogP contribution in [0.3, 0.4) is 0 Å². The lowest BCUT2D eigenvalue weighted by molar-refractivity contribution is -0.406. The quantitative estimate of drug-likeness (QED) is 0.0723. The molecule has 0 amide bonds. The van der Waals surface area contributed by atoms with Gasteiger partial charge in [0.15, 0.2) is 37.2 Å². The molecule has 0 aromatic heterocycles. The molecule has 11 fully saturated rings. The SMILES string of the molecule is C[C@H]1CC[C@@]2(OC1)OC1CC3C4CC[C@H]5C[C@@H](O[C@H]6O[C@H](CO)[C@H](O[C@@H]7O[C@H](CO)[C@@H](O)[C@H](O[C@H]8OC[C@@H](O)[C@H](O[C@@H]9O[C@H](CO)[C@@H](O)[C@H](O)[C@H]9O)[C@H]8O)[C@H]7O[C@@H]7O[C@H](CO)[C@@H](O)[C@H](O)[C@H]7O)[C@H](O)[C@H]6O)CC[C@]5(C)C4CC(=O)[C@]3(C)[C@H]1[C@@H]2C. The Kier molecular flexibility index (Phi) is 19.1. The molecule has 0 bridgehead atoms. The number of aliphatic hydroxyl groups excluding tert-OH is 15. The van der Waals surface area contributed by atoms with Gasteiger partial charge in [-0.25, -0.2) is 0 Å². The summed E-state index contributed by atoms with van der Waals surface area (Å²) in [5.74, 6) is 1.16. The minimum absolute atomic E-state index is 0.0359. The van der Waals surface area contributed by atoms with Gasteiger partial charge >= 0.3 is 0 Å². The van der Waals surface area contributed by atoms with Crippen molar-refractivity contribution in [2.24, 2.45) is 52.3 Å². The number of hydrogen-bond donors (Lipinski definition) is 15. The van der Waals surface area contributed by atoms with E-state index >= 15 is 0 Å². The van der Waals surface area contributed by atoms with Gasteiger partial charge in [0.25, 0.3) is 0 Å². The second-order valence-corrected chi connectivity index (χ2v) is 26.6. The van der Waals surface area contributed by atoms with Crippen LogP contribution < -0.4 is 0 Å². The van der Waals surface area contributed by atoms with Crippen LogP contribution in [0.5, 0.6) is 0 Å². The average Bonchev–Trinajstić information content (AvgIpc) is 1.75. The van der Waals surface area contributed by atoms with E-state index in [-0.39, 0.29) is 41.1 Å². The first-order valence-corrected chi connectivity index (χ1v) is 30.2. The highest BCUT2D eigenvalue weighted by Gasteiger charge is 2.72. The summed E-state index contributed by atoms with van der Waals surface area (Å²) in [7, 11) is 0. The van der Waals surface area contributed by atoms with Gasteiger partial charge in [0.05, 0.1) is 51.8 Å². The average molecular weight is 1210 g/mol. The van der Waals surface area contributed by atoms with Gasteiger partial charge in [-0.2, -0.15) is 0 Å². The van der Waals surface area contributed by atoms with Crippen molar-refractivity contribution in [3.63, 3.8) is 0 Å². The summed E-state index contributed by atoms with van der Waals surface area (Å²) in [6.45, 7) is 5.33. The van der Waals surface area contributed by atoms with Gasteiger partial charge in [0, 0.05) is 30.1 Å². The molecule has 84 heavy (non-hydrogen) atoms. The summed E-state index contributed by atoms with van der Waals surface area (Å²) in [4.78, 5) is 14.8. The third-order valence-electron chi connectivity index (χ3n) is 22.0. The van der Waals surface area contributed by atoms with Gasteiger partial charge < -0.3 is 133 Å². The summed E-state index contributed by atoms with van der Waals surface area (Å²) in [5.41, 5.74) is -0.694. The van der Waals surface area contributed by atoms with E-state index in [1.54, 1.807) is 0 Å². The maximum absolute atomic E-state index is 14.8. The van der Waals surface area contributed by atoms with Crippen LogP contribution in [0.4, 0.5) is 0 Å². The maximum Gasteiger partial charge on any atom is 0.187 e. The van der Waals surface area contributed by atoms with Crippen molar-refractivity contribution in [3.05, 3.63) is 0 Å². The van der Waals surface area contributed by atoms with Crippen molar-refractivity contribution in [3.8, 4) is 0 Å². The molecule has 11 aliphatic rings. The smallest absolute Gasteiger partial charge is 0.187 e. The molecule has 1 spiro atoms. The van der Waals surface area contributed by atoms with Crippen molar-refractivity contribution in [1.29, 1.82) is 0 Å². The van der Waals surface area contributed by atoms with Crippen LogP contribution >= 0.6 is 0 Å². The van der Waals surface area contributed by atoms with E-state index in [0.29, 0.717) is 43.5 Å². The Balaban J connectivity index is 0.778. The minimum atomic E-state index is -2.10. The normalized spacial score (nSPS) is 56.8. The van der Waals surface area contributed by atoms with Gasteiger partial charge in [0.1, 0.15) is 122 Å². The standard InChI is InChI=1S/C56H90O28/c1-20-7-10-56(74-18-20)21(2)34-28(84-56)12-26-24-6-5-22-11-23(8-9-54(22,3)25(24)13-33(62)55(26,34)4)75-50-43(71)40(68)46(32(17-60)79-50)81-53-48(83-52-42(70)39(67)36(64)30(15-58)77-52)47(37(65)31(16-59)78-53)82-49-44(72)45(27(61)19-73-49)80-51-41(69)38(66)35(63)29(14-57)76-51/h20-32,34-53,57-61,63-72H,5-19H2,1-4H3/t20-,21-,22-,23-,24?,25?,26?,27+,28?,29+,30+,31+,32+,34-,35+,36+,37+,38-,39-,40+,41+,42+,43+,44+,45-,46-,47-,48+,49+,50-,51-,52-,53-,54-,55+,56+/m0/s1. The van der Waals surface area contributed by atoms with Gasteiger partial charge in [-0.15, -0.1) is 0 Å². The zero-order valence-electron chi connectivity index (χ0n) is 47.7. The van der Waals surface area contributed by atoms with E-state index < -0.39 is 198 Å². The zero-order valence-corrected chi connectivity index (χ0v) is 47.7. The first-order chi connectivity index (χ1) is 39.9. The fraction of sp³-hybridized carbons (Fsp3) is 0.982. The molecule has 4 saturated carbocycles. The molecule has 0 radical (unpaired) electrons. The van der Waals surface area contributed by atoms with Gasteiger partial charge in [-0.05, 0) is 80.0 Å². The van der Waals surface area contributed by atoms with Crippen molar-refractivity contribution >= 4 is 5.78 Å². The molecule has 482 valence electrons. The lowest BCUT2D eigenvalue weighted by Crippen LogP contribution is -2.68. The molecular weight excluding hydrogens is 1120 g/mol. The summed E-state index contributed by atoms with van der Waals surface area (Å²) < 4.78 is 73.0. The highest BCUT2D eigenvalue weighted by atomic mass is 16.8. The van der Waals surface area contributed by atoms with Crippen LogP contribution in [0, 0.1) is 52.3 Å². The number of carbonyl (C=O) groups excluding carboxylic acids is 1.